The minimum atomic E-state index is -3.30. The number of rotatable bonds is 10. The Morgan fingerprint density at radius 3 is 1.17 bits per heavy atom. The van der Waals surface area contributed by atoms with Gasteiger partial charge in [0.25, 0.3) is 5.92 Å². The van der Waals surface area contributed by atoms with E-state index >= 15 is 8.78 Å². The van der Waals surface area contributed by atoms with Crippen molar-refractivity contribution < 1.29 is 37.3 Å². The molecule has 0 radical (unpaired) electrons. The van der Waals surface area contributed by atoms with E-state index in [2.05, 4.69) is 0 Å². The summed E-state index contributed by atoms with van der Waals surface area (Å²) in [6.45, 7) is 13.1. The fourth-order valence-corrected chi connectivity index (χ4v) is 3.02. The molecule has 0 aliphatic carbocycles. The molecule has 2 aromatic carbocycles. The molecule has 0 spiro atoms. The summed E-state index contributed by atoms with van der Waals surface area (Å²) in [4.78, 5) is 24.4. The van der Waals surface area contributed by atoms with E-state index in [1.54, 1.807) is 55.4 Å². The fraction of sp³-hybridized carbons (Fsp3) is 0.481. The first-order valence-corrected chi connectivity index (χ1v) is 11.4. The van der Waals surface area contributed by atoms with Crippen LogP contribution in [-0.2, 0) is 25.0 Å². The van der Waals surface area contributed by atoms with Crippen LogP contribution in [0.2, 0.25) is 0 Å². The summed E-state index contributed by atoms with van der Waals surface area (Å²) in [7, 11) is 0. The van der Waals surface area contributed by atoms with Crippen LogP contribution in [0.15, 0.2) is 48.5 Å². The van der Waals surface area contributed by atoms with E-state index in [0.717, 1.165) is 0 Å². The van der Waals surface area contributed by atoms with Crippen molar-refractivity contribution in [2.24, 2.45) is 0 Å². The molecule has 0 aliphatic rings. The Hall–Kier alpha value is -3.16. The van der Waals surface area contributed by atoms with E-state index in [9.17, 15) is 9.59 Å². The Kier molecular flexibility index (Phi) is 8.52. The van der Waals surface area contributed by atoms with Crippen LogP contribution in [0.25, 0.3) is 0 Å². The lowest BCUT2D eigenvalue weighted by Crippen LogP contribution is -2.40. The SMILES string of the molecule is CC(C)OC(=O)C(C)(C)Oc1ccc(C(F)(F)c2ccc(OC(C)(C)C(=O)OC(C)C)cc2)cc1. The number of alkyl halides is 2. The van der Waals surface area contributed by atoms with Gasteiger partial charge in [0.15, 0.2) is 11.2 Å². The van der Waals surface area contributed by atoms with E-state index in [4.69, 9.17) is 18.9 Å². The molecule has 35 heavy (non-hydrogen) atoms. The molecule has 0 aliphatic heterocycles. The van der Waals surface area contributed by atoms with Gasteiger partial charge in [-0.3, -0.25) is 0 Å². The minimum Gasteiger partial charge on any atom is -0.476 e. The average Bonchev–Trinajstić information content (AvgIpc) is 2.73. The fourth-order valence-electron chi connectivity index (χ4n) is 3.02. The highest BCUT2D eigenvalue weighted by Crippen LogP contribution is 2.37. The second kappa shape index (κ2) is 10.6. The summed E-state index contributed by atoms with van der Waals surface area (Å²) in [6.07, 6.45) is -0.605. The van der Waals surface area contributed by atoms with Gasteiger partial charge in [-0.2, -0.15) is 8.78 Å². The first-order chi connectivity index (χ1) is 16.0. The smallest absolute Gasteiger partial charge is 0.350 e. The standard InChI is InChI=1S/C27H34F2O6/c1-17(2)32-23(30)25(5,6)34-21-13-9-19(10-14-21)27(28,29)20-11-15-22(16-12-20)35-26(7,8)24(31)33-18(3)4/h9-18H,1-8H3. The number of ether oxygens (including phenoxy) is 4. The Balaban J connectivity index is 2.13. The Labute approximate surface area is 205 Å². The Morgan fingerprint density at radius 2 is 0.914 bits per heavy atom. The van der Waals surface area contributed by atoms with Gasteiger partial charge in [-0.05, 0) is 104 Å². The van der Waals surface area contributed by atoms with Gasteiger partial charge >= 0.3 is 11.9 Å². The zero-order chi connectivity index (χ0) is 26.6. The van der Waals surface area contributed by atoms with Crippen LogP contribution in [0.3, 0.4) is 0 Å². The summed E-state index contributed by atoms with van der Waals surface area (Å²) in [5.41, 5.74) is -3.05. The highest BCUT2D eigenvalue weighted by atomic mass is 19.3. The molecule has 0 unspecified atom stereocenters. The summed E-state index contributed by atoms with van der Waals surface area (Å²) in [6, 6.07) is 10.5. The van der Waals surface area contributed by atoms with Crippen LogP contribution in [0.4, 0.5) is 8.78 Å². The molecule has 0 N–H and O–H groups in total. The van der Waals surface area contributed by atoms with Crippen molar-refractivity contribution in [1.29, 1.82) is 0 Å². The topological polar surface area (TPSA) is 71.1 Å². The van der Waals surface area contributed by atoms with E-state index in [0.29, 0.717) is 0 Å². The number of esters is 2. The maximum atomic E-state index is 15.1. The Morgan fingerprint density at radius 1 is 0.629 bits per heavy atom. The summed E-state index contributed by atoms with van der Waals surface area (Å²) in [5.74, 6) is -3.88. The lowest BCUT2D eigenvalue weighted by atomic mass is 10.00. The van der Waals surface area contributed by atoms with E-state index < -0.39 is 29.1 Å². The van der Waals surface area contributed by atoms with Crippen LogP contribution >= 0.6 is 0 Å². The molecule has 2 rings (SSSR count). The lowest BCUT2D eigenvalue weighted by molar-refractivity contribution is -0.163. The average molecular weight is 493 g/mol. The van der Waals surface area contributed by atoms with Crippen molar-refractivity contribution in [2.45, 2.75) is 84.7 Å². The molecular weight excluding hydrogens is 458 g/mol. The molecule has 0 amide bonds. The van der Waals surface area contributed by atoms with Crippen LogP contribution in [0.5, 0.6) is 11.5 Å². The van der Waals surface area contributed by atoms with Crippen molar-refractivity contribution in [3.05, 3.63) is 59.7 Å². The molecule has 6 nitrogen and oxygen atoms in total. The van der Waals surface area contributed by atoms with Gasteiger partial charge in [0.05, 0.1) is 12.2 Å². The van der Waals surface area contributed by atoms with Crippen LogP contribution in [0, 0.1) is 0 Å². The normalized spacial score (nSPS) is 12.5. The molecule has 0 saturated heterocycles. The van der Waals surface area contributed by atoms with Crippen molar-refractivity contribution in [3.8, 4) is 11.5 Å². The monoisotopic (exact) mass is 492 g/mol. The van der Waals surface area contributed by atoms with Gasteiger partial charge in [0.2, 0.25) is 0 Å². The first kappa shape index (κ1) is 28.1. The van der Waals surface area contributed by atoms with Crippen molar-refractivity contribution in [3.63, 3.8) is 0 Å². The summed E-state index contributed by atoms with van der Waals surface area (Å²) < 4.78 is 52.0. The molecule has 0 saturated carbocycles. The highest BCUT2D eigenvalue weighted by molar-refractivity contribution is 5.79. The van der Waals surface area contributed by atoms with Crippen LogP contribution < -0.4 is 9.47 Å². The van der Waals surface area contributed by atoms with Gasteiger partial charge in [0, 0.05) is 11.1 Å². The molecule has 8 heteroatoms. The van der Waals surface area contributed by atoms with E-state index in [1.165, 1.54) is 48.5 Å². The van der Waals surface area contributed by atoms with Gasteiger partial charge in [-0.1, -0.05) is 0 Å². The number of hydrogen-bond acceptors (Lipinski definition) is 6. The molecular formula is C27H34F2O6. The minimum absolute atomic E-state index is 0.248. The second-order valence-corrected chi connectivity index (χ2v) is 9.76. The second-order valence-electron chi connectivity index (χ2n) is 9.76. The number of benzene rings is 2. The third-order valence-electron chi connectivity index (χ3n) is 4.85. The quantitative estimate of drug-likeness (QED) is 0.376. The molecule has 0 atom stereocenters. The molecule has 0 aromatic heterocycles. The Bertz CT molecular complexity index is 927. The molecule has 2 aromatic rings. The predicted octanol–water partition coefficient (Wildman–Crippen LogP) is 6.04. The molecule has 0 bridgehead atoms. The van der Waals surface area contributed by atoms with Gasteiger partial charge in [-0.25, -0.2) is 9.59 Å². The number of carbonyl (C=O) groups excluding carboxylic acids is 2. The molecule has 192 valence electrons. The first-order valence-electron chi connectivity index (χ1n) is 11.4. The van der Waals surface area contributed by atoms with Gasteiger partial charge < -0.3 is 18.9 Å². The largest absolute Gasteiger partial charge is 0.476 e. The van der Waals surface area contributed by atoms with Crippen LogP contribution in [0.1, 0.15) is 66.5 Å². The zero-order valence-electron chi connectivity index (χ0n) is 21.5. The zero-order valence-corrected chi connectivity index (χ0v) is 21.5. The summed E-state index contributed by atoms with van der Waals surface area (Å²) >= 11 is 0. The van der Waals surface area contributed by atoms with Gasteiger partial charge in [-0.15, -0.1) is 0 Å². The molecule has 0 heterocycles. The maximum absolute atomic E-state index is 15.1. The van der Waals surface area contributed by atoms with Crippen molar-refractivity contribution in [2.75, 3.05) is 0 Å². The predicted molar refractivity (Wildman–Crippen MR) is 128 cm³/mol. The third-order valence-corrected chi connectivity index (χ3v) is 4.85. The number of hydrogen-bond donors (Lipinski definition) is 0. The maximum Gasteiger partial charge on any atom is 0.350 e. The molecule has 0 fully saturated rings. The number of halogens is 2. The van der Waals surface area contributed by atoms with Gasteiger partial charge in [0.1, 0.15) is 11.5 Å². The van der Waals surface area contributed by atoms with Crippen LogP contribution in [-0.4, -0.2) is 35.3 Å². The van der Waals surface area contributed by atoms with E-state index in [1.807, 2.05) is 0 Å². The third kappa shape index (κ3) is 7.41. The lowest BCUT2D eigenvalue weighted by Gasteiger charge is -2.26. The van der Waals surface area contributed by atoms with Crippen molar-refractivity contribution >= 4 is 11.9 Å². The number of carbonyl (C=O) groups is 2. The highest BCUT2D eigenvalue weighted by Gasteiger charge is 2.36. The van der Waals surface area contributed by atoms with E-state index in [-0.39, 0.29) is 34.8 Å². The van der Waals surface area contributed by atoms with Crippen molar-refractivity contribution in [1.82, 2.24) is 0 Å². The summed E-state index contributed by atoms with van der Waals surface area (Å²) in [5, 5.41) is 0.